The molecule has 2 heteroatoms. The fourth-order valence-electron chi connectivity index (χ4n) is 1.95. The summed E-state index contributed by atoms with van der Waals surface area (Å²) in [7, 11) is 1.60. The standard InChI is InChI=1S/C17H26O2/c1-7-17(5,19-6)15(18)12-13-8-10-14(11-9-13)16(2,3)4/h8-11H,7,12H2,1-6H3. The Hall–Kier alpha value is -1.15. The molecule has 0 bridgehead atoms. The molecule has 1 rings (SSSR count). The summed E-state index contributed by atoms with van der Waals surface area (Å²) in [4.78, 5) is 12.3. The summed E-state index contributed by atoms with van der Waals surface area (Å²) in [6, 6.07) is 8.31. The van der Waals surface area contributed by atoms with Gasteiger partial charge in [-0.15, -0.1) is 0 Å². The third kappa shape index (κ3) is 3.90. The van der Waals surface area contributed by atoms with Crippen molar-refractivity contribution in [2.45, 2.75) is 58.5 Å². The second-order valence-corrected chi connectivity index (χ2v) is 6.34. The minimum Gasteiger partial charge on any atom is -0.371 e. The van der Waals surface area contributed by atoms with E-state index in [1.807, 2.05) is 26.0 Å². The van der Waals surface area contributed by atoms with Crippen molar-refractivity contribution in [1.82, 2.24) is 0 Å². The van der Waals surface area contributed by atoms with Crippen LogP contribution < -0.4 is 0 Å². The highest BCUT2D eigenvalue weighted by atomic mass is 16.5. The van der Waals surface area contributed by atoms with E-state index in [4.69, 9.17) is 4.74 Å². The van der Waals surface area contributed by atoms with Gasteiger partial charge in [0, 0.05) is 13.5 Å². The number of methoxy groups -OCH3 is 1. The third-order valence-electron chi connectivity index (χ3n) is 3.90. The number of carbonyl (C=O) groups is 1. The summed E-state index contributed by atoms with van der Waals surface area (Å²) < 4.78 is 5.35. The molecule has 0 aliphatic rings. The Kier molecular flexibility index (Phi) is 4.92. The Balaban J connectivity index is 2.82. The van der Waals surface area contributed by atoms with Crippen molar-refractivity contribution >= 4 is 5.78 Å². The van der Waals surface area contributed by atoms with Gasteiger partial charge in [-0.2, -0.15) is 0 Å². The summed E-state index contributed by atoms with van der Waals surface area (Å²) in [5.41, 5.74) is 1.82. The van der Waals surface area contributed by atoms with Gasteiger partial charge in [0.2, 0.25) is 0 Å². The maximum absolute atomic E-state index is 12.3. The minimum absolute atomic E-state index is 0.140. The van der Waals surface area contributed by atoms with Crippen LogP contribution in [-0.4, -0.2) is 18.5 Å². The molecular formula is C17H26O2. The lowest BCUT2D eigenvalue weighted by Gasteiger charge is -2.25. The van der Waals surface area contributed by atoms with E-state index in [0.717, 1.165) is 5.56 Å². The van der Waals surface area contributed by atoms with Gasteiger partial charge in [0.25, 0.3) is 0 Å². The van der Waals surface area contributed by atoms with Gasteiger partial charge >= 0.3 is 0 Å². The van der Waals surface area contributed by atoms with Gasteiger partial charge in [0.1, 0.15) is 5.60 Å². The number of carbonyl (C=O) groups excluding carboxylic acids is 1. The summed E-state index contributed by atoms with van der Waals surface area (Å²) in [5.74, 6) is 0.140. The number of benzene rings is 1. The molecule has 0 N–H and O–H groups in total. The largest absolute Gasteiger partial charge is 0.371 e. The molecule has 1 aromatic rings. The molecule has 0 aliphatic heterocycles. The molecule has 1 unspecified atom stereocenters. The lowest BCUT2D eigenvalue weighted by Crippen LogP contribution is -2.37. The van der Waals surface area contributed by atoms with Gasteiger partial charge in [-0.25, -0.2) is 0 Å². The zero-order valence-corrected chi connectivity index (χ0v) is 13.0. The van der Waals surface area contributed by atoms with E-state index in [2.05, 4.69) is 32.9 Å². The topological polar surface area (TPSA) is 26.3 Å². The van der Waals surface area contributed by atoms with Crippen molar-refractivity contribution in [3.05, 3.63) is 35.4 Å². The first-order valence-corrected chi connectivity index (χ1v) is 6.91. The number of hydrogen-bond donors (Lipinski definition) is 0. The Morgan fingerprint density at radius 3 is 2.00 bits per heavy atom. The molecule has 0 spiro atoms. The zero-order chi connectivity index (χ0) is 14.7. The van der Waals surface area contributed by atoms with Gasteiger partial charge in [0.15, 0.2) is 5.78 Å². The van der Waals surface area contributed by atoms with Crippen LogP contribution in [0.15, 0.2) is 24.3 Å². The van der Waals surface area contributed by atoms with Gasteiger partial charge in [-0.3, -0.25) is 4.79 Å². The van der Waals surface area contributed by atoms with Crippen LogP contribution in [0.2, 0.25) is 0 Å². The highest BCUT2D eigenvalue weighted by Crippen LogP contribution is 2.23. The van der Waals surface area contributed by atoms with E-state index in [0.29, 0.717) is 12.8 Å². The highest BCUT2D eigenvalue weighted by molar-refractivity contribution is 5.88. The Labute approximate surface area is 117 Å². The van der Waals surface area contributed by atoms with Gasteiger partial charge in [-0.05, 0) is 29.9 Å². The van der Waals surface area contributed by atoms with Crippen molar-refractivity contribution in [3.8, 4) is 0 Å². The fraction of sp³-hybridized carbons (Fsp3) is 0.588. The van der Waals surface area contributed by atoms with Crippen LogP contribution >= 0.6 is 0 Å². The summed E-state index contributed by atoms with van der Waals surface area (Å²) in [6.45, 7) is 10.4. The Bertz CT molecular complexity index is 420. The lowest BCUT2D eigenvalue weighted by molar-refractivity contribution is -0.138. The molecule has 0 aromatic heterocycles. The van der Waals surface area contributed by atoms with Crippen molar-refractivity contribution in [3.63, 3.8) is 0 Å². The molecule has 0 radical (unpaired) electrons. The molecule has 2 nitrogen and oxygen atoms in total. The zero-order valence-electron chi connectivity index (χ0n) is 13.0. The Morgan fingerprint density at radius 2 is 1.63 bits per heavy atom. The highest BCUT2D eigenvalue weighted by Gasteiger charge is 2.30. The summed E-state index contributed by atoms with van der Waals surface area (Å²) in [6.07, 6.45) is 1.13. The summed E-state index contributed by atoms with van der Waals surface area (Å²) in [5, 5.41) is 0. The van der Waals surface area contributed by atoms with Gasteiger partial charge < -0.3 is 4.74 Å². The van der Waals surface area contributed by atoms with Crippen LogP contribution in [0.4, 0.5) is 0 Å². The molecule has 106 valence electrons. The van der Waals surface area contributed by atoms with Crippen LogP contribution in [0.1, 0.15) is 52.2 Å². The average molecular weight is 262 g/mol. The molecule has 1 aromatic carbocycles. The maximum Gasteiger partial charge on any atom is 0.168 e. The predicted molar refractivity (Wildman–Crippen MR) is 79.6 cm³/mol. The normalized spacial score (nSPS) is 15.1. The van der Waals surface area contributed by atoms with Crippen molar-refractivity contribution < 1.29 is 9.53 Å². The predicted octanol–water partition coefficient (Wildman–Crippen LogP) is 3.91. The molecule has 0 amide bonds. The number of Topliss-reactive ketones (excluding diaryl/α,β-unsaturated/α-hetero) is 1. The lowest BCUT2D eigenvalue weighted by atomic mass is 9.86. The molecule has 19 heavy (non-hydrogen) atoms. The van der Waals surface area contributed by atoms with Crippen LogP contribution in [-0.2, 0) is 21.4 Å². The van der Waals surface area contributed by atoms with Crippen LogP contribution in [0, 0.1) is 0 Å². The summed E-state index contributed by atoms with van der Waals surface area (Å²) >= 11 is 0. The SMILES string of the molecule is CCC(C)(OC)C(=O)Cc1ccc(C(C)(C)C)cc1. The molecule has 0 saturated carbocycles. The second-order valence-electron chi connectivity index (χ2n) is 6.34. The molecule has 0 heterocycles. The number of hydrogen-bond acceptors (Lipinski definition) is 2. The van der Waals surface area contributed by atoms with E-state index in [1.54, 1.807) is 7.11 Å². The van der Waals surface area contributed by atoms with E-state index in [-0.39, 0.29) is 11.2 Å². The fourth-order valence-corrected chi connectivity index (χ4v) is 1.95. The quantitative estimate of drug-likeness (QED) is 0.804. The van der Waals surface area contributed by atoms with Crippen LogP contribution in [0.25, 0.3) is 0 Å². The number of ketones is 1. The van der Waals surface area contributed by atoms with Gasteiger partial charge in [-0.1, -0.05) is 52.0 Å². The van der Waals surface area contributed by atoms with Crippen molar-refractivity contribution in [1.29, 1.82) is 0 Å². The first-order chi connectivity index (χ1) is 8.73. The van der Waals surface area contributed by atoms with Crippen molar-refractivity contribution in [2.75, 3.05) is 7.11 Å². The number of ether oxygens (including phenoxy) is 1. The first kappa shape index (κ1) is 15.9. The van der Waals surface area contributed by atoms with E-state index < -0.39 is 5.60 Å². The molecular weight excluding hydrogens is 236 g/mol. The van der Waals surface area contributed by atoms with E-state index >= 15 is 0 Å². The van der Waals surface area contributed by atoms with Crippen molar-refractivity contribution in [2.24, 2.45) is 0 Å². The maximum atomic E-state index is 12.3. The third-order valence-corrected chi connectivity index (χ3v) is 3.90. The first-order valence-electron chi connectivity index (χ1n) is 6.91. The smallest absolute Gasteiger partial charge is 0.168 e. The average Bonchev–Trinajstić information content (AvgIpc) is 2.37. The Morgan fingerprint density at radius 1 is 1.11 bits per heavy atom. The van der Waals surface area contributed by atoms with Gasteiger partial charge in [0.05, 0.1) is 0 Å². The number of rotatable bonds is 5. The minimum atomic E-state index is -0.664. The van der Waals surface area contributed by atoms with Crippen LogP contribution in [0.5, 0.6) is 0 Å². The van der Waals surface area contributed by atoms with E-state index in [1.165, 1.54) is 5.56 Å². The monoisotopic (exact) mass is 262 g/mol. The van der Waals surface area contributed by atoms with Crippen LogP contribution in [0.3, 0.4) is 0 Å². The molecule has 0 aliphatic carbocycles. The molecule has 0 saturated heterocycles. The van der Waals surface area contributed by atoms with E-state index in [9.17, 15) is 4.79 Å². The second kappa shape index (κ2) is 5.87. The molecule has 1 atom stereocenters. The molecule has 0 fully saturated rings.